The highest BCUT2D eigenvalue weighted by Gasteiger charge is 2.35. The van der Waals surface area contributed by atoms with E-state index in [2.05, 4.69) is 15.4 Å². The van der Waals surface area contributed by atoms with Gasteiger partial charge in [0.1, 0.15) is 27.2 Å². The van der Waals surface area contributed by atoms with Gasteiger partial charge < -0.3 is 15.5 Å². The molecule has 32 heavy (non-hydrogen) atoms. The molecule has 2 amide bonds. The molecule has 4 aromatic rings. The summed E-state index contributed by atoms with van der Waals surface area (Å²) >= 11 is 0.663. The summed E-state index contributed by atoms with van der Waals surface area (Å²) in [6.07, 6.45) is -0.189. The van der Waals surface area contributed by atoms with Crippen LogP contribution in [0, 0.1) is 6.92 Å². The molecule has 4 heterocycles. The molecule has 0 spiro atoms. The van der Waals surface area contributed by atoms with Crippen LogP contribution >= 0.6 is 11.3 Å². The molecule has 12 heteroatoms. The van der Waals surface area contributed by atoms with Crippen molar-refractivity contribution in [3.63, 3.8) is 0 Å². The van der Waals surface area contributed by atoms with Crippen LogP contribution in [0.5, 0.6) is 0 Å². The average molecular weight is 463 g/mol. The van der Waals surface area contributed by atoms with Gasteiger partial charge in [-0.15, -0.1) is 11.3 Å². The molecule has 0 aliphatic rings. The van der Waals surface area contributed by atoms with Crippen molar-refractivity contribution in [3.8, 4) is 11.3 Å². The molecule has 0 saturated carbocycles. The van der Waals surface area contributed by atoms with Crippen LogP contribution in [-0.2, 0) is 11.0 Å². The molecule has 166 valence electrons. The number of rotatable bonds is 5. The molecular weight excluding hydrogens is 447 g/mol. The number of anilines is 1. The van der Waals surface area contributed by atoms with Crippen LogP contribution in [-0.4, -0.2) is 26.6 Å². The third-order valence-electron chi connectivity index (χ3n) is 4.72. The van der Waals surface area contributed by atoms with Gasteiger partial charge in [0.15, 0.2) is 0 Å². The van der Waals surface area contributed by atoms with Gasteiger partial charge in [-0.2, -0.15) is 18.3 Å². The Kier molecular flexibility index (Phi) is 5.25. The lowest BCUT2D eigenvalue weighted by Crippen LogP contribution is -2.25. The monoisotopic (exact) mass is 463 g/mol. The number of aryl methyl sites for hydroxylation is 1. The Labute approximate surface area is 182 Å². The number of primary amides is 1. The van der Waals surface area contributed by atoms with Gasteiger partial charge in [-0.25, -0.2) is 4.98 Å². The van der Waals surface area contributed by atoms with Crippen molar-refractivity contribution in [3.05, 3.63) is 53.0 Å². The van der Waals surface area contributed by atoms with E-state index in [0.717, 1.165) is 11.6 Å². The lowest BCUT2D eigenvalue weighted by atomic mass is 10.1. The molecule has 4 aromatic heterocycles. The minimum atomic E-state index is -4.73. The zero-order chi connectivity index (χ0) is 23.2. The van der Waals surface area contributed by atoms with Crippen LogP contribution in [0.25, 0.3) is 21.5 Å². The largest absolute Gasteiger partial charge is 0.464 e. The minimum Gasteiger partial charge on any atom is -0.464 e. The van der Waals surface area contributed by atoms with E-state index in [1.54, 1.807) is 19.3 Å². The standard InChI is InChI=1S/C20H16F3N5O3S/c1-9-7-25-28(8-9)10(2)18(30)27-15-14-11(12-4-3-5-31-12)6-13(20(21,22)23)26-19(14)32-16(15)17(24)29/h3-8,10H,1-2H3,(H2,24,29)(H,27,30). The van der Waals surface area contributed by atoms with E-state index in [1.807, 2.05) is 6.92 Å². The van der Waals surface area contributed by atoms with E-state index >= 15 is 0 Å². The van der Waals surface area contributed by atoms with E-state index in [9.17, 15) is 22.8 Å². The quantitative estimate of drug-likeness (QED) is 0.456. The lowest BCUT2D eigenvalue weighted by molar-refractivity contribution is -0.140. The Balaban J connectivity index is 1.90. The maximum atomic E-state index is 13.4. The molecule has 0 aromatic carbocycles. The number of fused-ring (bicyclic) bond motifs is 1. The molecule has 0 aliphatic heterocycles. The van der Waals surface area contributed by atoms with Crippen LogP contribution < -0.4 is 11.1 Å². The molecule has 1 unspecified atom stereocenters. The number of thiophene rings is 1. The summed E-state index contributed by atoms with van der Waals surface area (Å²) in [4.78, 5) is 28.4. The zero-order valence-corrected chi connectivity index (χ0v) is 17.5. The first-order chi connectivity index (χ1) is 15.1. The molecule has 1 atom stereocenters. The number of furan rings is 1. The summed E-state index contributed by atoms with van der Waals surface area (Å²) in [7, 11) is 0. The number of pyridine rings is 1. The highest BCUT2D eigenvalue weighted by atomic mass is 32.1. The number of alkyl halides is 3. The molecule has 0 saturated heterocycles. The van der Waals surface area contributed by atoms with Gasteiger partial charge in [-0.1, -0.05) is 0 Å². The number of carbonyl (C=O) groups is 2. The van der Waals surface area contributed by atoms with Gasteiger partial charge in [0.25, 0.3) is 5.91 Å². The van der Waals surface area contributed by atoms with E-state index < -0.39 is 29.7 Å². The molecule has 0 fully saturated rings. The summed E-state index contributed by atoms with van der Waals surface area (Å²) < 4.78 is 47.1. The Hall–Kier alpha value is -3.67. The molecule has 0 radical (unpaired) electrons. The topological polar surface area (TPSA) is 116 Å². The van der Waals surface area contributed by atoms with Crippen molar-refractivity contribution in [2.24, 2.45) is 5.73 Å². The number of carbonyl (C=O) groups excluding carboxylic acids is 2. The van der Waals surface area contributed by atoms with Crippen molar-refractivity contribution in [2.45, 2.75) is 26.1 Å². The van der Waals surface area contributed by atoms with Gasteiger partial charge >= 0.3 is 6.18 Å². The smallest absolute Gasteiger partial charge is 0.433 e. The number of hydrogen-bond acceptors (Lipinski definition) is 6. The fourth-order valence-corrected chi connectivity index (χ4v) is 4.16. The van der Waals surface area contributed by atoms with Crippen LogP contribution in [0.3, 0.4) is 0 Å². The number of halogens is 3. The highest BCUT2D eigenvalue weighted by Crippen LogP contribution is 2.43. The number of nitrogens with zero attached hydrogens (tertiary/aromatic N) is 3. The minimum absolute atomic E-state index is 0.0222. The molecule has 3 N–H and O–H groups in total. The fraction of sp³-hybridized carbons (Fsp3) is 0.200. The fourth-order valence-electron chi connectivity index (χ4n) is 3.16. The first-order valence-corrected chi connectivity index (χ1v) is 10.1. The molecule has 0 bridgehead atoms. The summed E-state index contributed by atoms with van der Waals surface area (Å²) in [6, 6.07) is 3.02. The van der Waals surface area contributed by atoms with E-state index in [4.69, 9.17) is 10.2 Å². The zero-order valence-electron chi connectivity index (χ0n) is 16.7. The molecular formula is C20H16F3N5O3S. The van der Waals surface area contributed by atoms with Crippen molar-refractivity contribution in [2.75, 3.05) is 5.32 Å². The Bertz CT molecular complexity index is 1320. The average Bonchev–Trinajstić information content (AvgIpc) is 3.46. The molecule has 0 aliphatic carbocycles. The number of hydrogen-bond donors (Lipinski definition) is 2. The summed E-state index contributed by atoms with van der Waals surface area (Å²) in [5, 5.41) is 6.86. The highest BCUT2D eigenvalue weighted by molar-refractivity contribution is 7.21. The van der Waals surface area contributed by atoms with Crippen LogP contribution in [0.15, 0.2) is 41.3 Å². The van der Waals surface area contributed by atoms with Gasteiger partial charge in [-0.05, 0) is 37.6 Å². The van der Waals surface area contributed by atoms with Crippen LogP contribution in [0.2, 0.25) is 0 Å². The predicted molar refractivity (Wildman–Crippen MR) is 111 cm³/mol. The van der Waals surface area contributed by atoms with Crippen molar-refractivity contribution >= 4 is 39.1 Å². The lowest BCUT2D eigenvalue weighted by Gasteiger charge is -2.14. The maximum absolute atomic E-state index is 13.4. The molecule has 8 nitrogen and oxygen atoms in total. The van der Waals surface area contributed by atoms with E-state index in [-0.39, 0.29) is 32.1 Å². The van der Waals surface area contributed by atoms with E-state index in [1.165, 1.54) is 23.1 Å². The number of aromatic nitrogens is 3. The van der Waals surface area contributed by atoms with Crippen LogP contribution in [0.1, 0.15) is 33.9 Å². The number of nitrogens with one attached hydrogen (secondary N) is 1. The van der Waals surface area contributed by atoms with Gasteiger partial charge in [-0.3, -0.25) is 14.3 Å². The van der Waals surface area contributed by atoms with Gasteiger partial charge in [0.05, 0.1) is 18.1 Å². The van der Waals surface area contributed by atoms with Gasteiger partial charge in [0.2, 0.25) is 5.91 Å². The summed E-state index contributed by atoms with van der Waals surface area (Å²) in [6.45, 7) is 3.40. The summed E-state index contributed by atoms with van der Waals surface area (Å²) in [5.41, 5.74) is 5.15. The van der Waals surface area contributed by atoms with E-state index in [0.29, 0.717) is 11.3 Å². The van der Waals surface area contributed by atoms with Crippen molar-refractivity contribution < 1.29 is 27.2 Å². The predicted octanol–water partition coefficient (Wildman–Crippen LogP) is 4.38. The second-order valence-electron chi connectivity index (χ2n) is 7.04. The number of amides is 2. The van der Waals surface area contributed by atoms with Crippen LogP contribution in [0.4, 0.5) is 18.9 Å². The van der Waals surface area contributed by atoms with Gasteiger partial charge in [0, 0.05) is 17.1 Å². The van der Waals surface area contributed by atoms with Crippen molar-refractivity contribution in [1.29, 1.82) is 0 Å². The first kappa shape index (κ1) is 21.6. The SMILES string of the molecule is Cc1cnn(C(C)C(=O)Nc2c(C(N)=O)sc3nc(C(F)(F)F)cc(-c4ccco4)c23)c1. The third-order valence-corrected chi connectivity index (χ3v) is 5.82. The Morgan fingerprint density at radius 2 is 2.09 bits per heavy atom. The maximum Gasteiger partial charge on any atom is 0.433 e. The van der Waals surface area contributed by atoms with Crippen molar-refractivity contribution in [1.82, 2.24) is 14.8 Å². The third kappa shape index (κ3) is 3.84. The Morgan fingerprint density at radius 3 is 2.66 bits per heavy atom. The second kappa shape index (κ2) is 7.79. The number of nitrogens with two attached hydrogens (primary N) is 1. The molecule has 4 rings (SSSR count). The Morgan fingerprint density at radius 1 is 1.34 bits per heavy atom. The summed E-state index contributed by atoms with van der Waals surface area (Å²) in [5.74, 6) is -1.34. The normalized spacial score (nSPS) is 12.8. The second-order valence-corrected chi connectivity index (χ2v) is 8.04. The first-order valence-electron chi connectivity index (χ1n) is 9.26.